The highest BCUT2D eigenvalue weighted by molar-refractivity contribution is 8.14. The lowest BCUT2D eigenvalue weighted by Crippen LogP contribution is -2.35. The first-order valence-corrected chi connectivity index (χ1v) is 8.05. The van der Waals surface area contributed by atoms with E-state index in [1.54, 1.807) is 11.8 Å². The predicted octanol–water partition coefficient (Wildman–Crippen LogP) is 4.43. The Hall–Kier alpha value is -1.10. The van der Waals surface area contributed by atoms with Gasteiger partial charge in [0.2, 0.25) is 0 Å². The van der Waals surface area contributed by atoms with Crippen LogP contribution in [0.5, 0.6) is 0 Å². The quantitative estimate of drug-likeness (QED) is 0.829. The molecule has 1 spiro atoms. The fraction of sp³-hybridized carbons (Fsp3) is 0.533. The number of benzene rings is 1. The minimum atomic E-state index is -0.833. The van der Waals surface area contributed by atoms with Crippen LogP contribution in [0.3, 0.4) is 0 Å². The molecule has 1 N–H and O–H groups in total. The Morgan fingerprint density at radius 3 is 2.55 bits per heavy atom. The van der Waals surface area contributed by atoms with Gasteiger partial charge in [-0.3, -0.25) is 4.99 Å². The van der Waals surface area contributed by atoms with Crippen molar-refractivity contribution >= 4 is 22.6 Å². The summed E-state index contributed by atoms with van der Waals surface area (Å²) in [6.07, 6.45) is 6.49. The average Bonchev–Trinajstić information content (AvgIpc) is 2.47. The highest BCUT2D eigenvalue weighted by Crippen LogP contribution is 2.41. The molecule has 0 bridgehead atoms. The van der Waals surface area contributed by atoms with Crippen LogP contribution >= 0.6 is 11.8 Å². The number of thioether (sulfide) groups is 1. The molecule has 0 radical (unpaired) electrons. The number of rotatable bonds is 1. The number of hydrogen-bond acceptors (Lipinski definition) is 3. The van der Waals surface area contributed by atoms with Gasteiger partial charge in [-0.05, 0) is 30.4 Å². The van der Waals surface area contributed by atoms with Crippen molar-refractivity contribution in [3.8, 4) is 0 Å². The summed E-state index contributed by atoms with van der Waals surface area (Å²) in [5, 5.41) is 3.89. The molecular formula is C15H18F2N2S. The van der Waals surface area contributed by atoms with E-state index < -0.39 is 11.6 Å². The molecule has 1 aromatic rings. The van der Waals surface area contributed by atoms with Crippen molar-refractivity contribution in [1.29, 1.82) is 0 Å². The van der Waals surface area contributed by atoms with Crippen molar-refractivity contribution in [3.05, 3.63) is 29.8 Å². The molecule has 5 heteroatoms. The molecule has 1 aliphatic carbocycles. The molecule has 20 heavy (non-hydrogen) atoms. The van der Waals surface area contributed by atoms with Crippen LogP contribution in [-0.2, 0) is 0 Å². The van der Waals surface area contributed by atoms with Crippen LogP contribution in [0.25, 0.3) is 0 Å². The summed E-state index contributed by atoms with van der Waals surface area (Å²) in [6.45, 7) is 0.853. The van der Waals surface area contributed by atoms with Gasteiger partial charge >= 0.3 is 0 Å². The molecule has 2 nitrogen and oxygen atoms in total. The number of nitrogens with zero attached hydrogens (tertiary/aromatic N) is 1. The standard InChI is InChI=1S/C15H18F2N2S/c16-12-5-4-11(8-13(12)17)19-14-18-9-15(10-20-14)6-2-1-3-7-15/h4-5,8H,1-3,6-7,9-10H2,(H,18,19). The molecule has 2 aliphatic rings. The summed E-state index contributed by atoms with van der Waals surface area (Å²) >= 11 is 1.70. The van der Waals surface area contributed by atoms with E-state index in [9.17, 15) is 8.78 Å². The van der Waals surface area contributed by atoms with Crippen LogP contribution in [0.4, 0.5) is 14.5 Å². The topological polar surface area (TPSA) is 24.4 Å². The number of nitrogens with one attached hydrogen (secondary N) is 1. The average molecular weight is 296 g/mol. The number of amidine groups is 1. The first-order chi connectivity index (χ1) is 9.67. The molecule has 1 heterocycles. The van der Waals surface area contributed by atoms with Crippen LogP contribution in [0.1, 0.15) is 32.1 Å². The van der Waals surface area contributed by atoms with Gasteiger partial charge in [-0.15, -0.1) is 0 Å². The van der Waals surface area contributed by atoms with E-state index in [1.165, 1.54) is 44.2 Å². The van der Waals surface area contributed by atoms with Crippen LogP contribution in [0.2, 0.25) is 0 Å². The van der Waals surface area contributed by atoms with Crippen molar-refractivity contribution in [2.75, 3.05) is 17.6 Å². The summed E-state index contributed by atoms with van der Waals surface area (Å²) in [6, 6.07) is 3.84. The lowest BCUT2D eigenvalue weighted by molar-refractivity contribution is 0.232. The Morgan fingerprint density at radius 1 is 1.10 bits per heavy atom. The Kier molecular flexibility index (Phi) is 3.96. The molecular weight excluding hydrogens is 278 g/mol. The van der Waals surface area contributed by atoms with E-state index in [0.29, 0.717) is 11.1 Å². The van der Waals surface area contributed by atoms with Gasteiger partial charge in [-0.1, -0.05) is 31.0 Å². The minimum absolute atomic E-state index is 0.377. The third-order valence-electron chi connectivity index (χ3n) is 4.16. The molecule has 0 atom stereocenters. The Morgan fingerprint density at radius 2 is 1.90 bits per heavy atom. The molecule has 0 saturated heterocycles. The second-order valence-corrected chi connectivity index (χ2v) is 6.69. The first-order valence-electron chi connectivity index (χ1n) is 7.06. The SMILES string of the molecule is Fc1ccc(NC2=NCC3(CCCCC3)CS2)cc1F. The molecule has 0 aromatic heterocycles. The van der Waals surface area contributed by atoms with E-state index in [4.69, 9.17) is 0 Å². The maximum atomic E-state index is 13.2. The van der Waals surface area contributed by atoms with Crippen molar-refractivity contribution < 1.29 is 8.78 Å². The van der Waals surface area contributed by atoms with Crippen molar-refractivity contribution in [3.63, 3.8) is 0 Å². The van der Waals surface area contributed by atoms with Crippen LogP contribution < -0.4 is 5.32 Å². The fourth-order valence-electron chi connectivity index (χ4n) is 2.93. The van der Waals surface area contributed by atoms with Gasteiger partial charge in [0.25, 0.3) is 0 Å². The largest absolute Gasteiger partial charge is 0.335 e. The van der Waals surface area contributed by atoms with Crippen molar-refractivity contribution in [2.24, 2.45) is 10.4 Å². The summed E-state index contributed by atoms with van der Waals surface area (Å²) in [4.78, 5) is 4.61. The molecule has 3 rings (SSSR count). The molecule has 0 amide bonds. The lowest BCUT2D eigenvalue weighted by atomic mass is 9.75. The van der Waals surface area contributed by atoms with Crippen LogP contribution in [-0.4, -0.2) is 17.5 Å². The van der Waals surface area contributed by atoms with Gasteiger partial charge in [-0.2, -0.15) is 0 Å². The van der Waals surface area contributed by atoms with E-state index >= 15 is 0 Å². The molecule has 108 valence electrons. The monoisotopic (exact) mass is 296 g/mol. The van der Waals surface area contributed by atoms with E-state index in [1.807, 2.05) is 0 Å². The smallest absolute Gasteiger partial charge is 0.161 e. The number of hydrogen-bond donors (Lipinski definition) is 1. The molecule has 1 fully saturated rings. The normalized spacial score (nSPS) is 21.6. The summed E-state index contributed by atoms with van der Waals surface area (Å²) in [5.41, 5.74) is 0.928. The van der Waals surface area contributed by atoms with E-state index in [0.717, 1.165) is 23.5 Å². The third kappa shape index (κ3) is 2.97. The second kappa shape index (κ2) is 5.72. The highest BCUT2D eigenvalue weighted by atomic mass is 32.2. The molecule has 1 aliphatic heterocycles. The highest BCUT2D eigenvalue weighted by Gasteiger charge is 2.34. The summed E-state index contributed by atoms with van der Waals surface area (Å²) in [7, 11) is 0. The zero-order chi connectivity index (χ0) is 14.0. The Bertz CT molecular complexity index is 525. The fourth-order valence-corrected chi connectivity index (χ4v) is 4.10. The molecule has 1 saturated carbocycles. The van der Waals surface area contributed by atoms with Gasteiger partial charge in [0.05, 0.1) is 0 Å². The van der Waals surface area contributed by atoms with Gasteiger partial charge < -0.3 is 5.32 Å². The molecule has 1 aromatic carbocycles. The minimum Gasteiger partial charge on any atom is -0.335 e. The van der Waals surface area contributed by atoms with Gasteiger partial charge in [0.15, 0.2) is 16.8 Å². The van der Waals surface area contributed by atoms with Crippen LogP contribution in [0, 0.1) is 17.0 Å². The van der Waals surface area contributed by atoms with Crippen LogP contribution in [0.15, 0.2) is 23.2 Å². The zero-order valence-corrected chi connectivity index (χ0v) is 12.1. The maximum absolute atomic E-state index is 13.2. The number of halogens is 2. The van der Waals surface area contributed by atoms with Crippen molar-refractivity contribution in [1.82, 2.24) is 0 Å². The third-order valence-corrected chi connectivity index (χ3v) is 5.42. The summed E-state index contributed by atoms with van der Waals surface area (Å²) < 4.78 is 26.0. The summed E-state index contributed by atoms with van der Waals surface area (Å²) in [5.74, 6) is -0.585. The first kappa shape index (κ1) is 13.9. The number of anilines is 1. The Balaban J connectivity index is 1.65. The predicted molar refractivity (Wildman–Crippen MR) is 80.3 cm³/mol. The maximum Gasteiger partial charge on any atom is 0.161 e. The second-order valence-electron chi connectivity index (χ2n) is 5.72. The number of aliphatic imine (C=N–C) groups is 1. The van der Waals surface area contributed by atoms with Gasteiger partial charge in [-0.25, -0.2) is 8.78 Å². The van der Waals surface area contributed by atoms with Crippen molar-refractivity contribution in [2.45, 2.75) is 32.1 Å². The van der Waals surface area contributed by atoms with E-state index in [2.05, 4.69) is 10.3 Å². The van der Waals surface area contributed by atoms with Gasteiger partial charge in [0, 0.05) is 24.1 Å². The Labute approximate surface area is 122 Å². The molecule has 0 unspecified atom stereocenters. The van der Waals surface area contributed by atoms with E-state index in [-0.39, 0.29) is 0 Å². The van der Waals surface area contributed by atoms with Gasteiger partial charge in [0.1, 0.15) is 0 Å². The lowest BCUT2D eigenvalue weighted by Gasteiger charge is -2.38. The zero-order valence-electron chi connectivity index (χ0n) is 11.3.